The summed E-state index contributed by atoms with van der Waals surface area (Å²) < 4.78 is 5.49. The van der Waals surface area contributed by atoms with Gasteiger partial charge >= 0.3 is 5.97 Å². The lowest BCUT2D eigenvalue weighted by atomic mass is 10.3. The van der Waals surface area contributed by atoms with Crippen LogP contribution in [-0.4, -0.2) is 17.6 Å². The Kier molecular flexibility index (Phi) is 3.42. The highest BCUT2D eigenvalue weighted by Gasteiger charge is 2.11. The van der Waals surface area contributed by atoms with E-state index in [0.717, 1.165) is 5.56 Å². The molecule has 0 aliphatic rings. The van der Waals surface area contributed by atoms with Gasteiger partial charge in [0, 0.05) is 6.20 Å². The van der Waals surface area contributed by atoms with Crippen molar-refractivity contribution < 1.29 is 9.53 Å². The molecule has 0 aliphatic carbocycles. The van der Waals surface area contributed by atoms with Crippen molar-refractivity contribution in [3.05, 3.63) is 28.0 Å². The Morgan fingerprint density at radius 2 is 2.38 bits per heavy atom. The smallest absolute Gasteiger partial charge is 0.358 e. The highest BCUT2D eigenvalue weighted by molar-refractivity contribution is 9.10. The topological polar surface area (TPSA) is 39.2 Å². The van der Waals surface area contributed by atoms with E-state index >= 15 is 0 Å². The van der Waals surface area contributed by atoms with E-state index in [2.05, 4.69) is 20.9 Å². The Labute approximate surface area is 85.3 Å². The van der Waals surface area contributed by atoms with E-state index in [0.29, 0.717) is 16.8 Å². The van der Waals surface area contributed by atoms with Gasteiger partial charge in [0.05, 0.1) is 11.1 Å². The number of pyridine rings is 1. The molecule has 0 saturated heterocycles. The average molecular weight is 244 g/mol. The van der Waals surface area contributed by atoms with E-state index in [1.807, 2.05) is 13.0 Å². The lowest BCUT2D eigenvalue weighted by Crippen LogP contribution is -2.07. The summed E-state index contributed by atoms with van der Waals surface area (Å²) in [5.74, 6) is -0.394. The summed E-state index contributed by atoms with van der Waals surface area (Å²) in [4.78, 5) is 15.2. The molecule has 0 aromatic carbocycles. The van der Waals surface area contributed by atoms with Gasteiger partial charge in [0.1, 0.15) is 0 Å². The first kappa shape index (κ1) is 10.2. The molecule has 0 radical (unpaired) electrons. The number of carbonyl (C=O) groups is 1. The molecule has 0 amide bonds. The Hall–Kier alpha value is -0.900. The van der Waals surface area contributed by atoms with Crippen LogP contribution in [-0.2, 0) is 4.74 Å². The molecule has 1 aromatic heterocycles. The minimum Gasteiger partial charge on any atom is -0.461 e. The number of aryl methyl sites for hydroxylation is 1. The summed E-state index contributed by atoms with van der Waals surface area (Å²) >= 11 is 3.25. The number of ether oxygens (including phenoxy) is 1. The third-order valence-electron chi connectivity index (χ3n) is 1.45. The molecule has 0 atom stereocenters. The second-order valence-corrected chi connectivity index (χ2v) is 3.42. The molecule has 0 N–H and O–H groups in total. The summed E-state index contributed by atoms with van der Waals surface area (Å²) in [6.45, 7) is 4.04. The van der Waals surface area contributed by atoms with Gasteiger partial charge in [-0.05, 0) is 41.4 Å². The van der Waals surface area contributed by atoms with Crippen molar-refractivity contribution in [2.75, 3.05) is 6.61 Å². The summed E-state index contributed by atoms with van der Waals surface area (Å²) in [6.07, 6.45) is 1.64. The van der Waals surface area contributed by atoms with Crippen LogP contribution in [0.25, 0.3) is 0 Å². The average Bonchev–Trinajstić information content (AvgIpc) is 2.04. The Morgan fingerprint density at radius 3 is 2.92 bits per heavy atom. The second-order valence-electron chi connectivity index (χ2n) is 2.56. The number of aromatic nitrogens is 1. The molecular formula is C9H10BrNO2. The zero-order valence-corrected chi connectivity index (χ0v) is 9.09. The van der Waals surface area contributed by atoms with Crippen molar-refractivity contribution in [1.29, 1.82) is 0 Å². The summed E-state index contributed by atoms with van der Waals surface area (Å²) in [7, 11) is 0. The van der Waals surface area contributed by atoms with Gasteiger partial charge in [-0.15, -0.1) is 0 Å². The van der Waals surface area contributed by atoms with Crippen molar-refractivity contribution in [2.24, 2.45) is 0 Å². The molecule has 0 saturated carbocycles. The van der Waals surface area contributed by atoms with Gasteiger partial charge in [0.25, 0.3) is 0 Å². The van der Waals surface area contributed by atoms with Crippen molar-refractivity contribution in [2.45, 2.75) is 13.8 Å². The number of esters is 1. The number of hydrogen-bond acceptors (Lipinski definition) is 3. The summed E-state index contributed by atoms with van der Waals surface area (Å²) in [6, 6.07) is 1.83. The maximum Gasteiger partial charge on any atom is 0.358 e. The van der Waals surface area contributed by atoms with Gasteiger partial charge in [0.15, 0.2) is 5.69 Å². The van der Waals surface area contributed by atoms with Crippen LogP contribution in [0, 0.1) is 6.92 Å². The molecule has 70 valence electrons. The quantitative estimate of drug-likeness (QED) is 0.749. The van der Waals surface area contributed by atoms with E-state index in [-0.39, 0.29) is 0 Å². The first-order valence-corrected chi connectivity index (χ1v) is 4.73. The number of hydrogen-bond donors (Lipinski definition) is 0. The molecule has 4 heteroatoms. The molecule has 1 heterocycles. The molecule has 3 nitrogen and oxygen atoms in total. The number of carbonyl (C=O) groups excluding carboxylic acids is 1. The highest BCUT2D eigenvalue weighted by atomic mass is 79.9. The van der Waals surface area contributed by atoms with E-state index < -0.39 is 5.97 Å². The number of halogens is 1. The predicted octanol–water partition coefficient (Wildman–Crippen LogP) is 2.33. The Balaban J connectivity index is 2.95. The lowest BCUT2D eigenvalue weighted by molar-refractivity contribution is 0.0518. The van der Waals surface area contributed by atoms with Crippen molar-refractivity contribution in [3.63, 3.8) is 0 Å². The van der Waals surface area contributed by atoms with Crippen molar-refractivity contribution >= 4 is 21.9 Å². The fraction of sp³-hybridized carbons (Fsp3) is 0.333. The molecule has 1 aromatic rings. The van der Waals surface area contributed by atoms with E-state index in [1.165, 1.54) is 0 Å². The predicted molar refractivity (Wildman–Crippen MR) is 52.6 cm³/mol. The van der Waals surface area contributed by atoms with Crippen molar-refractivity contribution in [1.82, 2.24) is 4.98 Å². The molecule has 0 aliphatic heterocycles. The summed E-state index contributed by atoms with van der Waals surface area (Å²) in [5, 5.41) is 0. The monoisotopic (exact) mass is 243 g/mol. The van der Waals surface area contributed by atoms with Crippen LogP contribution in [0.1, 0.15) is 23.0 Å². The van der Waals surface area contributed by atoms with Crippen LogP contribution >= 0.6 is 15.9 Å². The highest BCUT2D eigenvalue weighted by Crippen LogP contribution is 2.16. The molecule has 1 rings (SSSR count). The molecule has 0 fully saturated rings. The molecule has 0 unspecified atom stereocenters. The minimum atomic E-state index is -0.394. The Bertz CT molecular complexity index is 325. The van der Waals surface area contributed by atoms with Gasteiger partial charge in [-0.2, -0.15) is 0 Å². The van der Waals surface area contributed by atoms with E-state index in [1.54, 1.807) is 13.1 Å². The van der Waals surface area contributed by atoms with E-state index in [9.17, 15) is 4.79 Å². The van der Waals surface area contributed by atoms with Crippen LogP contribution < -0.4 is 0 Å². The zero-order valence-electron chi connectivity index (χ0n) is 7.50. The first-order valence-electron chi connectivity index (χ1n) is 3.94. The summed E-state index contributed by atoms with van der Waals surface area (Å²) in [5.41, 5.74) is 1.33. The molecular weight excluding hydrogens is 234 g/mol. The second kappa shape index (κ2) is 4.37. The largest absolute Gasteiger partial charge is 0.461 e. The third-order valence-corrected chi connectivity index (χ3v) is 2.05. The van der Waals surface area contributed by atoms with Gasteiger partial charge in [-0.25, -0.2) is 9.78 Å². The normalized spacial score (nSPS) is 9.77. The van der Waals surface area contributed by atoms with Gasteiger partial charge in [0.2, 0.25) is 0 Å². The van der Waals surface area contributed by atoms with Gasteiger partial charge in [-0.3, -0.25) is 0 Å². The fourth-order valence-electron chi connectivity index (χ4n) is 0.883. The fourth-order valence-corrected chi connectivity index (χ4v) is 1.51. The number of rotatable bonds is 2. The van der Waals surface area contributed by atoms with Crippen LogP contribution in [0.5, 0.6) is 0 Å². The standard InChI is InChI=1S/C9H10BrNO2/c1-3-13-9(12)8-7(10)4-6(2)5-11-8/h4-5H,3H2,1-2H3. The van der Waals surface area contributed by atoms with Gasteiger partial charge < -0.3 is 4.74 Å². The third kappa shape index (κ3) is 2.52. The maximum absolute atomic E-state index is 11.3. The van der Waals surface area contributed by atoms with Gasteiger partial charge in [-0.1, -0.05) is 0 Å². The Morgan fingerprint density at radius 1 is 1.69 bits per heavy atom. The molecule has 0 bridgehead atoms. The number of nitrogens with zero attached hydrogens (tertiary/aromatic N) is 1. The lowest BCUT2D eigenvalue weighted by Gasteiger charge is -2.03. The van der Waals surface area contributed by atoms with Crippen LogP contribution in [0.4, 0.5) is 0 Å². The maximum atomic E-state index is 11.3. The molecule has 13 heavy (non-hydrogen) atoms. The SMILES string of the molecule is CCOC(=O)c1ncc(C)cc1Br. The van der Waals surface area contributed by atoms with Crippen LogP contribution in [0.15, 0.2) is 16.7 Å². The van der Waals surface area contributed by atoms with Crippen LogP contribution in [0.3, 0.4) is 0 Å². The van der Waals surface area contributed by atoms with E-state index in [4.69, 9.17) is 4.74 Å². The molecule has 0 spiro atoms. The minimum absolute atomic E-state index is 0.326. The van der Waals surface area contributed by atoms with Crippen LogP contribution in [0.2, 0.25) is 0 Å². The first-order chi connectivity index (χ1) is 6.15. The zero-order chi connectivity index (χ0) is 9.84. The van der Waals surface area contributed by atoms with Crippen molar-refractivity contribution in [3.8, 4) is 0 Å².